The first-order valence-corrected chi connectivity index (χ1v) is 5.03. The van der Waals surface area contributed by atoms with Gasteiger partial charge in [0, 0.05) is 45.2 Å². The van der Waals surface area contributed by atoms with Gasteiger partial charge in [0.2, 0.25) is 5.91 Å². The van der Waals surface area contributed by atoms with Crippen molar-refractivity contribution in [3.8, 4) is 0 Å². The molecule has 2 heterocycles. The van der Waals surface area contributed by atoms with Gasteiger partial charge in [0.25, 0.3) is 0 Å². The van der Waals surface area contributed by atoms with E-state index in [4.69, 9.17) is 5.73 Å². The van der Waals surface area contributed by atoms with E-state index in [1.165, 1.54) is 0 Å². The van der Waals surface area contributed by atoms with E-state index >= 15 is 0 Å². The van der Waals surface area contributed by atoms with Crippen molar-refractivity contribution in [3.05, 3.63) is 11.9 Å². The van der Waals surface area contributed by atoms with E-state index < -0.39 is 0 Å². The molecule has 6 nitrogen and oxygen atoms in total. The molecule has 0 atom stereocenters. The van der Waals surface area contributed by atoms with Crippen LogP contribution in [0, 0.1) is 5.92 Å². The normalized spacial score (nSPS) is 16.5. The van der Waals surface area contributed by atoms with E-state index in [2.05, 4.69) is 10.3 Å². The van der Waals surface area contributed by atoms with Crippen LogP contribution in [0.15, 0.2) is 6.20 Å². The van der Waals surface area contributed by atoms with Gasteiger partial charge in [-0.1, -0.05) is 5.21 Å². The molecule has 0 aliphatic carbocycles. The summed E-state index contributed by atoms with van der Waals surface area (Å²) in [5.74, 6) is 0.647. The third kappa shape index (κ3) is 2.15. The van der Waals surface area contributed by atoms with Gasteiger partial charge in [0.05, 0.1) is 5.69 Å². The van der Waals surface area contributed by atoms with Gasteiger partial charge in [0.15, 0.2) is 0 Å². The van der Waals surface area contributed by atoms with Crippen molar-refractivity contribution in [1.29, 1.82) is 0 Å². The summed E-state index contributed by atoms with van der Waals surface area (Å²) in [6.07, 6.45) is 1.86. The number of carbonyl (C=O) groups is 1. The minimum atomic E-state index is 0.146. The Kier molecular flexibility index (Phi) is 2.68. The summed E-state index contributed by atoms with van der Waals surface area (Å²) in [5.41, 5.74) is 6.24. The van der Waals surface area contributed by atoms with E-state index in [0.717, 1.165) is 25.3 Å². The zero-order valence-corrected chi connectivity index (χ0v) is 8.76. The molecule has 1 aromatic rings. The summed E-state index contributed by atoms with van der Waals surface area (Å²) in [4.78, 5) is 12.8. The van der Waals surface area contributed by atoms with Gasteiger partial charge in [-0.05, 0) is 0 Å². The molecule has 0 radical (unpaired) electrons. The average Bonchev–Trinajstić information content (AvgIpc) is 2.57. The van der Waals surface area contributed by atoms with Crippen molar-refractivity contribution in [2.24, 2.45) is 11.7 Å². The molecule has 2 rings (SSSR count). The molecule has 1 aliphatic heterocycles. The van der Waals surface area contributed by atoms with Crippen molar-refractivity contribution in [3.63, 3.8) is 0 Å². The van der Waals surface area contributed by atoms with Crippen molar-refractivity contribution < 1.29 is 4.79 Å². The number of carbonyl (C=O) groups excluding carboxylic acids is 1. The van der Waals surface area contributed by atoms with Crippen molar-refractivity contribution in [2.45, 2.75) is 20.0 Å². The lowest BCUT2D eigenvalue weighted by Gasteiger charge is -2.38. The number of rotatable bonds is 3. The van der Waals surface area contributed by atoms with Crippen LogP contribution < -0.4 is 5.73 Å². The molecule has 0 spiro atoms. The lowest BCUT2D eigenvalue weighted by Crippen LogP contribution is -2.50. The maximum absolute atomic E-state index is 10.9. The fourth-order valence-corrected chi connectivity index (χ4v) is 1.73. The second-order valence-electron chi connectivity index (χ2n) is 3.93. The molecule has 82 valence electrons. The highest BCUT2D eigenvalue weighted by Gasteiger charge is 2.28. The number of nitrogens with two attached hydrogens (primary N) is 1. The lowest BCUT2D eigenvalue weighted by molar-refractivity contribution is -0.135. The maximum atomic E-state index is 10.9. The van der Waals surface area contributed by atoms with Crippen molar-refractivity contribution in [1.82, 2.24) is 19.9 Å². The van der Waals surface area contributed by atoms with Gasteiger partial charge in [0.1, 0.15) is 0 Å². The summed E-state index contributed by atoms with van der Waals surface area (Å²) in [5, 5.41) is 7.87. The number of hydrogen-bond acceptors (Lipinski definition) is 4. The Hall–Kier alpha value is -1.43. The highest BCUT2D eigenvalue weighted by atomic mass is 16.2. The molecule has 1 aliphatic rings. The third-order valence-electron chi connectivity index (χ3n) is 2.64. The second-order valence-corrected chi connectivity index (χ2v) is 3.93. The van der Waals surface area contributed by atoms with Gasteiger partial charge in [-0.3, -0.25) is 9.48 Å². The van der Waals surface area contributed by atoms with Crippen molar-refractivity contribution in [2.75, 3.05) is 13.1 Å². The van der Waals surface area contributed by atoms with Crippen LogP contribution in [0.5, 0.6) is 0 Å². The number of aromatic nitrogens is 3. The minimum Gasteiger partial charge on any atom is -0.342 e. The molecule has 6 heteroatoms. The van der Waals surface area contributed by atoms with Gasteiger partial charge < -0.3 is 10.6 Å². The molecule has 15 heavy (non-hydrogen) atoms. The molecule has 0 bridgehead atoms. The number of likely N-dealkylation sites (tertiary alicyclic amines) is 1. The second kappa shape index (κ2) is 3.98. The van der Waals surface area contributed by atoms with Crippen LogP contribution in [0.25, 0.3) is 0 Å². The van der Waals surface area contributed by atoms with E-state index in [9.17, 15) is 4.79 Å². The zero-order chi connectivity index (χ0) is 10.8. The van der Waals surface area contributed by atoms with Gasteiger partial charge in [-0.2, -0.15) is 0 Å². The van der Waals surface area contributed by atoms with E-state index in [-0.39, 0.29) is 5.91 Å². The Labute approximate surface area is 88.0 Å². The maximum Gasteiger partial charge on any atom is 0.219 e. The minimum absolute atomic E-state index is 0.146. The predicted octanol–water partition coefficient (Wildman–Crippen LogP) is -0.785. The molecule has 1 aromatic heterocycles. The fraction of sp³-hybridized carbons (Fsp3) is 0.667. The van der Waals surface area contributed by atoms with Crippen molar-refractivity contribution >= 4 is 5.91 Å². The van der Waals surface area contributed by atoms with Crippen LogP contribution in [0.1, 0.15) is 12.6 Å². The average molecular weight is 209 g/mol. The smallest absolute Gasteiger partial charge is 0.219 e. The molecule has 1 fully saturated rings. The number of nitrogens with zero attached hydrogens (tertiary/aromatic N) is 4. The lowest BCUT2D eigenvalue weighted by atomic mass is 10.0. The largest absolute Gasteiger partial charge is 0.342 e. The molecular weight excluding hydrogens is 194 g/mol. The molecule has 1 amide bonds. The monoisotopic (exact) mass is 209 g/mol. The standard InChI is InChI=1S/C9H15N5O/c1-7(15)13-3-8(4-13)5-14-6-9(2-10)11-12-14/h6,8H,2-5,10H2,1H3. The summed E-state index contributed by atoms with van der Waals surface area (Å²) in [7, 11) is 0. The Morgan fingerprint density at radius 2 is 2.40 bits per heavy atom. The Balaban J connectivity index is 1.82. The van der Waals surface area contributed by atoms with Gasteiger partial charge >= 0.3 is 0 Å². The number of hydrogen-bond donors (Lipinski definition) is 1. The molecule has 0 unspecified atom stereocenters. The predicted molar refractivity (Wildman–Crippen MR) is 53.7 cm³/mol. The Morgan fingerprint density at radius 1 is 1.67 bits per heavy atom. The molecule has 2 N–H and O–H groups in total. The first-order chi connectivity index (χ1) is 7.19. The van der Waals surface area contributed by atoms with Crippen LogP contribution >= 0.6 is 0 Å². The van der Waals surface area contributed by atoms with E-state index in [0.29, 0.717) is 12.5 Å². The van der Waals surface area contributed by atoms with Crippen LogP contribution in [-0.2, 0) is 17.9 Å². The Morgan fingerprint density at radius 3 is 2.93 bits per heavy atom. The van der Waals surface area contributed by atoms with E-state index in [1.807, 2.05) is 11.1 Å². The first-order valence-electron chi connectivity index (χ1n) is 5.03. The third-order valence-corrected chi connectivity index (χ3v) is 2.64. The first kappa shape index (κ1) is 10.1. The number of amides is 1. The highest BCUT2D eigenvalue weighted by Crippen LogP contribution is 2.16. The van der Waals surface area contributed by atoms with Crippen LogP contribution in [0.2, 0.25) is 0 Å². The summed E-state index contributed by atoms with van der Waals surface area (Å²) < 4.78 is 1.80. The molecule has 1 saturated heterocycles. The van der Waals surface area contributed by atoms with E-state index in [1.54, 1.807) is 11.6 Å². The molecular formula is C9H15N5O. The molecule has 0 aromatic carbocycles. The van der Waals surface area contributed by atoms with Gasteiger partial charge in [-0.15, -0.1) is 5.10 Å². The van der Waals surface area contributed by atoms with Gasteiger partial charge in [-0.25, -0.2) is 0 Å². The SMILES string of the molecule is CC(=O)N1CC(Cn2cc(CN)nn2)C1. The fourth-order valence-electron chi connectivity index (χ4n) is 1.73. The Bertz CT molecular complexity index is 355. The zero-order valence-electron chi connectivity index (χ0n) is 8.76. The summed E-state index contributed by atoms with van der Waals surface area (Å²) in [6.45, 7) is 4.49. The van der Waals surface area contributed by atoms with Crippen LogP contribution in [-0.4, -0.2) is 38.9 Å². The summed E-state index contributed by atoms with van der Waals surface area (Å²) in [6, 6.07) is 0. The van der Waals surface area contributed by atoms with Crippen LogP contribution in [0.4, 0.5) is 0 Å². The van der Waals surface area contributed by atoms with Crippen LogP contribution in [0.3, 0.4) is 0 Å². The topological polar surface area (TPSA) is 77.0 Å². The quantitative estimate of drug-likeness (QED) is 0.708. The highest BCUT2D eigenvalue weighted by molar-refractivity contribution is 5.74. The summed E-state index contributed by atoms with van der Waals surface area (Å²) >= 11 is 0. The molecule has 0 saturated carbocycles.